The van der Waals surface area contributed by atoms with E-state index in [-0.39, 0.29) is 0 Å². The van der Waals surface area contributed by atoms with E-state index >= 15 is 0 Å². The molecule has 0 atom stereocenters. The van der Waals surface area contributed by atoms with Gasteiger partial charge < -0.3 is 4.74 Å². The Labute approximate surface area is 85.9 Å². The van der Waals surface area contributed by atoms with Crippen LogP contribution in [0.1, 0.15) is 0 Å². The van der Waals surface area contributed by atoms with Gasteiger partial charge in [0.05, 0.1) is 12.8 Å². The van der Waals surface area contributed by atoms with Gasteiger partial charge in [0.1, 0.15) is 12.0 Å². The quantitative estimate of drug-likeness (QED) is 0.662. The number of ether oxygens (including phenoxy) is 1. The van der Waals surface area contributed by atoms with Crippen LogP contribution in [0.15, 0.2) is 29.4 Å². The van der Waals surface area contributed by atoms with Crippen LogP contribution in [0.3, 0.4) is 0 Å². The molecule has 2 rings (SSSR count). The largest absolute Gasteiger partial charge is 0.497 e. The molecule has 0 aliphatic carbocycles. The first-order chi connectivity index (χ1) is 7.22. The fourth-order valence-electron chi connectivity index (χ4n) is 1.23. The number of anilines is 1. The molecule has 15 heavy (non-hydrogen) atoms. The second-order valence-corrected chi connectivity index (χ2v) is 2.92. The SMILES string of the molecule is COc1ccc(N2N=CC(=O)C2=O)cc1. The van der Waals surface area contributed by atoms with Crippen LogP contribution < -0.4 is 9.75 Å². The number of carbonyl (C=O) groups excluding carboxylic acids is 2. The zero-order chi connectivity index (χ0) is 10.8. The predicted octanol–water partition coefficient (Wildman–Crippen LogP) is 0.597. The van der Waals surface area contributed by atoms with Crippen LogP contribution in [0.25, 0.3) is 0 Å². The van der Waals surface area contributed by atoms with Gasteiger partial charge in [-0.1, -0.05) is 0 Å². The van der Waals surface area contributed by atoms with E-state index in [4.69, 9.17) is 4.74 Å². The zero-order valence-electron chi connectivity index (χ0n) is 8.01. The average Bonchev–Trinajstić information content (AvgIpc) is 2.60. The van der Waals surface area contributed by atoms with Gasteiger partial charge in [0.25, 0.3) is 5.78 Å². The molecule has 0 aromatic heterocycles. The summed E-state index contributed by atoms with van der Waals surface area (Å²) in [5.41, 5.74) is 0.544. The highest BCUT2D eigenvalue weighted by molar-refractivity contribution is 6.63. The minimum atomic E-state index is -0.639. The maximum absolute atomic E-state index is 11.3. The molecule has 0 radical (unpaired) electrons. The van der Waals surface area contributed by atoms with Crippen molar-refractivity contribution in [1.29, 1.82) is 0 Å². The van der Waals surface area contributed by atoms with E-state index in [0.717, 1.165) is 11.2 Å². The van der Waals surface area contributed by atoms with Crippen LogP contribution in [0.4, 0.5) is 5.69 Å². The summed E-state index contributed by atoms with van der Waals surface area (Å²) in [6.45, 7) is 0. The third kappa shape index (κ3) is 1.59. The minimum absolute atomic E-state index is 0.544. The highest BCUT2D eigenvalue weighted by Crippen LogP contribution is 2.20. The molecule has 5 heteroatoms. The molecule has 1 aliphatic rings. The fourth-order valence-corrected chi connectivity index (χ4v) is 1.23. The molecule has 1 heterocycles. The second kappa shape index (κ2) is 3.53. The van der Waals surface area contributed by atoms with Crippen LogP contribution in [-0.4, -0.2) is 25.0 Å². The van der Waals surface area contributed by atoms with Crippen molar-refractivity contribution in [1.82, 2.24) is 0 Å². The van der Waals surface area contributed by atoms with Crippen molar-refractivity contribution < 1.29 is 14.3 Å². The minimum Gasteiger partial charge on any atom is -0.497 e. The van der Waals surface area contributed by atoms with E-state index in [1.165, 1.54) is 0 Å². The molecule has 0 spiro atoms. The van der Waals surface area contributed by atoms with Gasteiger partial charge in [-0.25, -0.2) is 0 Å². The summed E-state index contributed by atoms with van der Waals surface area (Å²) in [6, 6.07) is 6.71. The summed E-state index contributed by atoms with van der Waals surface area (Å²) < 4.78 is 4.97. The highest BCUT2D eigenvalue weighted by atomic mass is 16.5. The van der Waals surface area contributed by atoms with Gasteiger partial charge in [0, 0.05) is 0 Å². The van der Waals surface area contributed by atoms with Gasteiger partial charge in [0.2, 0.25) is 0 Å². The number of hydrazone groups is 1. The standard InChI is InChI=1S/C10H8N2O3/c1-15-8-4-2-7(3-5-8)12-10(14)9(13)6-11-12/h2-6H,1H3. The van der Waals surface area contributed by atoms with E-state index in [9.17, 15) is 9.59 Å². The molecule has 76 valence electrons. The predicted molar refractivity (Wildman–Crippen MR) is 54.0 cm³/mol. The summed E-state index contributed by atoms with van der Waals surface area (Å²) >= 11 is 0. The molecule has 1 amide bonds. The maximum atomic E-state index is 11.3. The van der Waals surface area contributed by atoms with E-state index in [0.29, 0.717) is 11.4 Å². The van der Waals surface area contributed by atoms with Crippen LogP contribution in [0.2, 0.25) is 0 Å². The Morgan fingerprint density at radius 1 is 1.20 bits per heavy atom. The molecule has 1 aromatic rings. The number of benzene rings is 1. The number of ketones is 1. The van der Waals surface area contributed by atoms with Crippen molar-refractivity contribution in [2.75, 3.05) is 12.1 Å². The molecule has 1 aromatic carbocycles. The first kappa shape index (κ1) is 9.39. The monoisotopic (exact) mass is 204 g/mol. The third-order valence-electron chi connectivity index (χ3n) is 2.01. The van der Waals surface area contributed by atoms with Crippen molar-refractivity contribution in [2.45, 2.75) is 0 Å². The Bertz CT molecular complexity index is 436. The molecular weight excluding hydrogens is 196 g/mol. The number of hydrogen-bond donors (Lipinski definition) is 0. The lowest BCUT2D eigenvalue weighted by Gasteiger charge is -2.10. The van der Waals surface area contributed by atoms with E-state index < -0.39 is 11.7 Å². The second-order valence-electron chi connectivity index (χ2n) is 2.92. The van der Waals surface area contributed by atoms with Crippen molar-refractivity contribution in [3.05, 3.63) is 24.3 Å². The van der Waals surface area contributed by atoms with Crippen molar-refractivity contribution in [3.63, 3.8) is 0 Å². The lowest BCUT2D eigenvalue weighted by Crippen LogP contribution is -2.25. The first-order valence-electron chi connectivity index (χ1n) is 4.29. The summed E-state index contributed by atoms with van der Waals surface area (Å²) in [7, 11) is 1.55. The number of amides is 1. The summed E-state index contributed by atoms with van der Waals surface area (Å²) in [6.07, 6.45) is 1.01. The Hall–Kier alpha value is -2.17. The molecule has 1 aliphatic heterocycles. The van der Waals surface area contributed by atoms with E-state index in [2.05, 4.69) is 5.10 Å². The lowest BCUT2D eigenvalue weighted by atomic mass is 10.3. The maximum Gasteiger partial charge on any atom is 0.320 e. The van der Waals surface area contributed by atoms with Crippen molar-refractivity contribution >= 4 is 23.6 Å². The molecule has 0 saturated carbocycles. The highest BCUT2D eigenvalue weighted by Gasteiger charge is 2.26. The summed E-state index contributed by atoms with van der Waals surface area (Å²) in [5, 5.41) is 4.75. The molecule has 0 N–H and O–H groups in total. The van der Waals surface area contributed by atoms with Gasteiger partial charge in [-0.2, -0.15) is 10.1 Å². The third-order valence-corrected chi connectivity index (χ3v) is 2.01. The smallest absolute Gasteiger partial charge is 0.320 e. The van der Waals surface area contributed by atoms with Gasteiger partial charge in [-0.15, -0.1) is 0 Å². The van der Waals surface area contributed by atoms with E-state index in [1.54, 1.807) is 31.4 Å². The summed E-state index contributed by atoms with van der Waals surface area (Å²) in [5.74, 6) is -0.563. The fraction of sp³-hybridized carbons (Fsp3) is 0.100. The number of hydrogen-bond acceptors (Lipinski definition) is 4. The topological polar surface area (TPSA) is 59.0 Å². The number of rotatable bonds is 2. The number of Topliss-reactive ketones (excluding diaryl/α,β-unsaturated/α-hetero) is 1. The molecular formula is C10H8N2O3. The first-order valence-corrected chi connectivity index (χ1v) is 4.29. The Balaban J connectivity index is 2.27. The Morgan fingerprint density at radius 3 is 2.33 bits per heavy atom. The van der Waals surface area contributed by atoms with Gasteiger partial charge in [-0.05, 0) is 24.3 Å². The van der Waals surface area contributed by atoms with Crippen LogP contribution in [0, 0.1) is 0 Å². The molecule has 0 bridgehead atoms. The normalized spacial score (nSPS) is 14.9. The Kier molecular flexibility index (Phi) is 2.21. The zero-order valence-corrected chi connectivity index (χ0v) is 8.01. The van der Waals surface area contributed by atoms with Gasteiger partial charge in [-0.3, -0.25) is 9.59 Å². The Morgan fingerprint density at radius 2 is 1.87 bits per heavy atom. The van der Waals surface area contributed by atoms with Crippen molar-refractivity contribution in [2.24, 2.45) is 5.10 Å². The molecule has 0 fully saturated rings. The van der Waals surface area contributed by atoms with Gasteiger partial charge >= 0.3 is 5.91 Å². The summed E-state index contributed by atoms with van der Waals surface area (Å²) in [4.78, 5) is 22.2. The van der Waals surface area contributed by atoms with Crippen molar-refractivity contribution in [3.8, 4) is 5.75 Å². The van der Waals surface area contributed by atoms with E-state index in [1.807, 2.05) is 0 Å². The van der Waals surface area contributed by atoms with Crippen LogP contribution in [0.5, 0.6) is 5.75 Å². The molecule has 0 unspecified atom stereocenters. The average molecular weight is 204 g/mol. The van der Waals surface area contributed by atoms with Crippen LogP contribution in [-0.2, 0) is 9.59 Å². The number of nitrogens with zero attached hydrogens (tertiary/aromatic N) is 2. The number of methoxy groups -OCH3 is 1. The van der Waals surface area contributed by atoms with Crippen LogP contribution >= 0.6 is 0 Å². The number of carbonyl (C=O) groups is 2. The molecule has 0 saturated heterocycles. The molecule has 5 nitrogen and oxygen atoms in total. The van der Waals surface area contributed by atoms with Gasteiger partial charge in [0.15, 0.2) is 0 Å². The lowest BCUT2D eigenvalue weighted by molar-refractivity contribution is -0.131.